The van der Waals surface area contributed by atoms with Crippen LogP contribution in [-0.2, 0) is 4.79 Å². The monoisotopic (exact) mass is 272 g/mol. The maximum atomic E-state index is 11.9. The predicted octanol–water partition coefficient (Wildman–Crippen LogP) is 2.78. The van der Waals surface area contributed by atoms with E-state index in [0.29, 0.717) is 23.7 Å². The van der Waals surface area contributed by atoms with E-state index in [1.807, 2.05) is 0 Å². The van der Waals surface area contributed by atoms with E-state index < -0.39 is 0 Å². The van der Waals surface area contributed by atoms with Crippen LogP contribution in [0.25, 0.3) is 0 Å². The molecule has 1 fully saturated rings. The number of hydrogen-bond donors (Lipinski definition) is 0. The molecule has 0 aliphatic carbocycles. The summed E-state index contributed by atoms with van der Waals surface area (Å²) in [6, 6.07) is 4.30. The number of anilines is 1. The van der Waals surface area contributed by atoms with Crippen molar-refractivity contribution in [3.8, 4) is 0 Å². The van der Waals surface area contributed by atoms with Gasteiger partial charge in [0.05, 0.1) is 10.7 Å². The Balaban J connectivity index is 2.43. The van der Waals surface area contributed by atoms with Crippen LogP contribution >= 0.6 is 23.2 Å². The van der Waals surface area contributed by atoms with Crippen molar-refractivity contribution < 1.29 is 9.59 Å². The Morgan fingerprint density at radius 1 is 1.24 bits per heavy atom. The second-order valence-electron chi connectivity index (χ2n) is 3.78. The van der Waals surface area contributed by atoms with E-state index in [1.54, 1.807) is 19.2 Å². The van der Waals surface area contributed by atoms with Crippen molar-refractivity contribution in [2.24, 2.45) is 0 Å². The molecule has 1 aromatic rings. The summed E-state index contributed by atoms with van der Waals surface area (Å²) in [4.78, 5) is 26.3. The molecule has 3 amide bonds. The smallest absolute Gasteiger partial charge is 0.327 e. The molecule has 1 saturated heterocycles. The van der Waals surface area contributed by atoms with Crippen molar-refractivity contribution in [3.63, 3.8) is 0 Å². The number of rotatable bonds is 1. The van der Waals surface area contributed by atoms with Crippen molar-refractivity contribution in [2.75, 3.05) is 18.5 Å². The lowest BCUT2D eigenvalue weighted by molar-refractivity contribution is -0.119. The zero-order chi connectivity index (χ0) is 12.6. The molecule has 0 atom stereocenters. The van der Waals surface area contributed by atoms with Gasteiger partial charge < -0.3 is 4.90 Å². The summed E-state index contributed by atoms with van der Waals surface area (Å²) in [6.45, 7) is 0.430. The van der Waals surface area contributed by atoms with E-state index in [9.17, 15) is 9.59 Å². The molecule has 0 bridgehead atoms. The Hall–Kier alpha value is -1.26. The van der Waals surface area contributed by atoms with Gasteiger partial charge in [-0.3, -0.25) is 4.79 Å². The molecular weight excluding hydrogens is 263 g/mol. The Kier molecular flexibility index (Phi) is 3.26. The van der Waals surface area contributed by atoms with Crippen LogP contribution in [0.5, 0.6) is 0 Å². The lowest BCUT2D eigenvalue weighted by atomic mass is 10.2. The van der Waals surface area contributed by atoms with Crippen LogP contribution in [0.3, 0.4) is 0 Å². The van der Waals surface area contributed by atoms with Gasteiger partial charge in [0.1, 0.15) is 0 Å². The summed E-state index contributed by atoms with van der Waals surface area (Å²) in [6.07, 6.45) is 0.293. The maximum absolute atomic E-state index is 11.9. The van der Waals surface area contributed by atoms with E-state index in [4.69, 9.17) is 23.2 Å². The van der Waals surface area contributed by atoms with Crippen LogP contribution in [0.1, 0.15) is 6.42 Å². The van der Waals surface area contributed by atoms with Gasteiger partial charge in [-0.1, -0.05) is 23.2 Å². The fraction of sp³-hybridized carbons (Fsp3) is 0.273. The number of benzene rings is 1. The summed E-state index contributed by atoms with van der Waals surface area (Å²) >= 11 is 11.8. The topological polar surface area (TPSA) is 40.6 Å². The lowest BCUT2D eigenvalue weighted by Gasteiger charge is -2.32. The van der Waals surface area contributed by atoms with Crippen molar-refractivity contribution in [2.45, 2.75) is 6.42 Å². The number of carbonyl (C=O) groups is 2. The molecular formula is C11H10Cl2N2O2. The quantitative estimate of drug-likeness (QED) is 0.789. The van der Waals surface area contributed by atoms with Gasteiger partial charge >= 0.3 is 6.03 Å². The van der Waals surface area contributed by atoms with Crippen LogP contribution in [0, 0.1) is 0 Å². The summed E-state index contributed by atoms with van der Waals surface area (Å²) in [5, 5.41) is 0.749. The van der Waals surface area contributed by atoms with Crippen molar-refractivity contribution in [1.82, 2.24) is 4.90 Å². The first-order valence-electron chi connectivity index (χ1n) is 5.04. The number of nitrogens with zero attached hydrogens (tertiary/aromatic N) is 2. The highest BCUT2D eigenvalue weighted by molar-refractivity contribution is 6.37. The largest absolute Gasteiger partial charge is 0.331 e. The minimum Gasteiger partial charge on any atom is -0.327 e. The van der Waals surface area contributed by atoms with E-state index in [-0.39, 0.29) is 17.0 Å². The second kappa shape index (κ2) is 4.55. The van der Waals surface area contributed by atoms with Crippen molar-refractivity contribution in [1.29, 1.82) is 0 Å². The SMILES string of the molecule is CN1CCC(=O)N(c2ccc(Cl)cc2Cl)C1=O. The van der Waals surface area contributed by atoms with E-state index in [0.717, 1.165) is 4.90 Å². The van der Waals surface area contributed by atoms with Gasteiger partial charge in [0.2, 0.25) is 5.91 Å². The number of amides is 3. The van der Waals surface area contributed by atoms with Crippen LogP contribution in [0.15, 0.2) is 18.2 Å². The zero-order valence-electron chi connectivity index (χ0n) is 9.11. The number of hydrogen-bond acceptors (Lipinski definition) is 2. The fourth-order valence-corrected chi connectivity index (χ4v) is 2.14. The maximum Gasteiger partial charge on any atom is 0.331 e. The van der Waals surface area contributed by atoms with E-state index in [2.05, 4.69) is 0 Å². The third kappa shape index (κ3) is 2.23. The molecule has 0 unspecified atom stereocenters. The molecule has 1 aliphatic heterocycles. The molecule has 17 heavy (non-hydrogen) atoms. The van der Waals surface area contributed by atoms with Gasteiger partial charge in [-0.05, 0) is 18.2 Å². The average Bonchev–Trinajstić information content (AvgIpc) is 2.27. The first kappa shape index (κ1) is 12.2. The third-order valence-electron chi connectivity index (χ3n) is 2.58. The molecule has 0 radical (unpaired) electrons. The molecule has 0 spiro atoms. The van der Waals surface area contributed by atoms with Crippen LogP contribution < -0.4 is 4.90 Å². The number of urea groups is 1. The van der Waals surface area contributed by atoms with Gasteiger partial charge in [-0.15, -0.1) is 0 Å². The summed E-state index contributed by atoms with van der Waals surface area (Å²) < 4.78 is 0. The Morgan fingerprint density at radius 3 is 2.59 bits per heavy atom. The van der Waals surface area contributed by atoms with E-state index >= 15 is 0 Å². The van der Waals surface area contributed by atoms with Crippen molar-refractivity contribution in [3.05, 3.63) is 28.2 Å². The molecule has 0 aromatic heterocycles. The fourth-order valence-electron chi connectivity index (χ4n) is 1.65. The summed E-state index contributed by atoms with van der Waals surface area (Å²) in [5.74, 6) is -0.252. The first-order chi connectivity index (χ1) is 8.00. The lowest BCUT2D eigenvalue weighted by Crippen LogP contribution is -2.51. The zero-order valence-corrected chi connectivity index (χ0v) is 10.6. The van der Waals surface area contributed by atoms with Crippen LogP contribution in [0.2, 0.25) is 10.0 Å². The standard InChI is InChI=1S/C11H10Cl2N2O2/c1-14-5-4-10(16)15(11(14)17)9-3-2-7(12)6-8(9)13/h2-3,6H,4-5H2,1H3. The Labute approximate surface area is 109 Å². The predicted molar refractivity (Wildman–Crippen MR) is 66.6 cm³/mol. The average molecular weight is 273 g/mol. The Bertz CT molecular complexity index is 490. The number of carbonyl (C=O) groups excluding carboxylic acids is 2. The summed E-state index contributed by atoms with van der Waals surface area (Å²) in [5.41, 5.74) is 0.373. The minimum atomic E-state index is -0.370. The highest BCUT2D eigenvalue weighted by atomic mass is 35.5. The third-order valence-corrected chi connectivity index (χ3v) is 3.12. The first-order valence-corrected chi connectivity index (χ1v) is 5.79. The van der Waals surface area contributed by atoms with Gasteiger partial charge in [0.15, 0.2) is 0 Å². The van der Waals surface area contributed by atoms with Gasteiger partial charge in [0.25, 0.3) is 0 Å². The molecule has 2 rings (SSSR count). The van der Waals surface area contributed by atoms with Gasteiger partial charge in [-0.2, -0.15) is 0 Å². The highest BCUT2D eigenvalue weighted by Crippen LogP contribution is 2.31. The molecule has 6 heteroatoms. The normalized spacial score (nSPS) is 16.6. The number of imide groups is 1. The molecule has 1 aromatic carbocycles. The molecule has 4 nitrogen and oxygen atoms in total. The van der Waals surface area contributed by atoms with Crippen LogP contribution in [-0.4, -0.2) is 30.4 Å². The molecule has 1 aliphatic rings. The van der Waals surface area contributed by atoms with E-state index in [1.165, 1.54) is 11.0 Å². The minimum absolute atomic E-state index is 0.252. The molecule has 0 saturated carbocycles. The molecule has 90 valence electrons. The van der Waals surface area contributed by atoms with Gasteiger partial charge in [-0.25, -0.2) is 9.69 Å². The summed E-state index contributed by atoms with van der Waals surface area (Å²) in [7, 11) is 1.64. The van der Waals surface area contributed by atoms with Gasteiger partial charge in [0, 0.05) is 25.0 Å². The van der Waals surface area contributed by atoms with Crippen molar-refractivity contribution >= 4 is 40.8 Å². The highest BCUT2D eigenvalue weighted by Gasteiger charge is 2.32. The number of halogens is 2. The Morgan fingerprint density at radius 2 is 1.94 bits per heavy atom. The van der Waals surface area contributed by atoms with Crippen LogP contribution in [0.4, 0.5) is 10.5 Å². The molecule has 1 heterocycles. The second-order valence-corrected chi connectivity index (χ2v) is 4.62. The molecule has 0 N–H and O–H groups in total.